The van der Waals surface area contributed by atoms with E-state index in [2.05, 4.69) is 4.72 Å². The minimum Gasteiger partial charge on any atom is -0.313 e. The van der Waals surface area contributed by atoms with Gasteiger partial charge in [-0.05, 0) is 50.8 Å². The van der Waals surface area contributed by atoms with Gasteiger partial charge in [0.05, 0.1) is 4.90 Å². The van der Waals surface area contributed by atoms with Crippen LogP contribution < -0.4 is 10.3 Å². The highest BCUT2D eigenvalue weighted by Crippen LogP contribution is 2.22. The molecule has 0 saturated heterocycles. The van der Waals surface area contributed by atoms with E-state index in [9.17, 15) is 13.2 Å². The average Bonchev–Trinajstić information content (AvgIpc) is 2.55. The smallest absolute Gasteiger partial charge is 0.250 e. The lowest BCUT2D eigenvalue weighted by Gasteiger charge is -2.27. The summed E-state index contributed by atoms with van der Waals surface area (Å²) >= 11 is 0. The molecule has 0 radical (unpaired) electrons. The first-order valence-electron chi connectivity index (χ1n) is 8.21. The number of pyridine rings is 1. The van der Waals surface area contributed by atoms with Crippen molar-refractivity contribution in [3.63, 3.8) is 0 Å². The molecule has 0 fully saturated rings. The largest absolute Gasteiger partial charge is 0.313 e. The van der Waals surface area contributed by atoms with E-state index in [-0.39, 0.29) is 16.5 Å². The summed E-state index contributed by atoms with van der Waals surface area (Å²) in [6.45, 7) is 4.52. The van der Waals surface area contributed by atoms with Crippen molar-refractivity contribution in [2.75, 3.05) is 0 Å². The van der Waals surface area contributed by atoms with E-state index in [1.54, 1.807) is 34.9 Å². The Bertz CT molecular complexity index is 899. The van der Waals surface area contributed by atoms with Crippen LogP contribution in [-0.2, 0) is 29.4 Å². The van der Waals surface area contributed by atoms with Gasteiger partial charge in [-0.1, -0.05) is 23.8 Å². The fourth-order valence-corrected chi connectivity index (χ4v) is 4.55. The van der Waals surface area contributed by atoms with Crippen LogP contribution in [0.1, 0.15) is 30.2 Å². The van der Waals surface area contributed by atoms with E-state index in [1.807, 2.05) is 19.9 Å². The zero-order valence-corrected chi connectivity index (χ0v) is 14.8. The first kappa shape index (κ1) is 16.9. The molecule has 1 aliphatic carbocycles. The van der Waals surface area contributed by atoms with Crippen molar-refractivity contribution in [3.8, 4) is 0 Å². The number of hydrogen-bond acceptors (Lipinski definition) is 3. The van der Waals surface area contributed by atoms with E-state index in [0.717, 1.165) is 16.8 Å². The Balaban J connectivity index is 1.81. The number of sulfonamides is 1. The SMILES string of the molecule is CCn1c2c(ccc1=O)C[C@@H](NS(=O)(=O)c1ccc(C)cc1)CC2. The number of nitrogens with one attached hydrogen (secondary N) is 1. The number of nitrogens with zero attached hydrogens (tertiary/aromatic N) is 1. The number of benzene rings is 1. The number of hydrogen-bond donors (Lipinski definition) is 1. The first-order valence-corrected chi connectivity index (χ1v) is 9.69. The molecule has 1 aromatic heterocycles. The van der Waals surface area contributed by atoms with Gasteiger partial charge in [-0.3, -0.25) is 4.79 Å². The summed E-state index contributed by atoms with van der Waals surface area (Å²) in [6, 6.07) is 10.1. The van der Waals surface area contributed by atoms with Crippen molar-refractivity contribution in [3.05, 3.63) is 63.6 Å². The molecule has 6 heteroatoms. The Morgan fingerprint density at radius 1 is 1.17 bits per heavy atom. The number of aryl methyl sites for hydroxylation is 1. The fourth-order valence-electron chi connectivity index (χ4n) is 3.28. The summed E-state index contributed by atoms with van der Waals surface area (Å²) in [7, 11) is -3.52. The van der Waals surface area contributed by atoms with Crippen molar-refractivity contribution < 1.29 is 8.42 Å². The Morgan fingerprint density at radius 2 is 1.88 bits per heavy atom. The van der Waals surface area contributed by atoms with E-state index in [1.165, 1.54) is 0 Å². The summed E-state index contributed by atoms with van der Waals surface area (Å²) in [5.74, 6) is 0. The van der Waals surface area contributed by atoms with Gasteiger partial charge in [0.15, 0.2) is 0 Å². The molecular weight excluding hydrogens is 324 g/mol. The van der Waals surface area contributed by atoms with Crippen LogP contribution in [0, 0.1) is 6.92 Å². The quantitative estimate of drug-likeness (QED) is 0.921. The van der Waals surface area contributed by atoms with Gasteiger partial charge in [0.2, 0.25) is 10.0 Å². The van der Waals surface area contributed by atoms with Crippen LogP contribution in [0.2, 0.25) is 0 Å². The van der Waals surface area contributed by atoms with Crippen LogP contribution in [-0.4, -0.2) is 19.0 Å². The standard InChI is InChI=1S/C18H22N2O3S/c1-3-20-17-10-7-15(12-14(17)6-11-18(20)21)19-24(22,23)16-8-4-13(2)5-9-16/h4-6,8-9,11,15,19H,3,7,10,12H2,1-2H3/t15-/m0/s1. The summed E-state index contributed by atoms with van der Waals surface area (Å²) in [6.07, 6.45) is 2.02. The van der Waals surface area contributed by atoms with Gasteiger partial charge < -0.3 is 4.57 Å². The van der Waals surface area contributed by atoms with Gasteiger partial charge in [-0.2, -0.15) is 0 Å². The van der Waals surface area contributed by atoms with Gasteiger partial charge in [-0.15, -0.1) is 0 Å². The third kappa shape index (κ3) is 3.30. The molecule has 3 rings (SSSR count). The number of rotatable bonds is 4. The second-order valence-corrected chi connectivity index (χ2v) is 7.98. The highest BCUT2D eigenvalue weighted by molar-refractivity contribution is 7.89. The average molecular weight is 346 g/mol. The molecule has 5 nitrogen and oxygen atoms in total. The molecule has 1 aliphatic rings. The lowest BCUT2D eigenvalue weighted by molar-refractivity contribution is 0.487. The third-order valence-electron chi connectivity index (χ3n) is 4.55. The first-order chi connectivity index (χ1) is 11.4. The van der Waals surface area contributed by atoms with Crippen molar-refractivity contribution in [1.29, 1.82) is 0 Å². The molecule has 1 N–H and O–H groups in total. The predicted octanol–water partition coefficient (Wildman–Crippen LogP) is 2.01. The highest BCUT2D eigenvalue weighted by atomic mass is 32.2. The molecule has 0 bridgehead atoms. The van der Waals surface area contributed by atoms with Crippen LogP contribution in [0.25, 0.3) is 0 Å². The Labute approximate surface area is 142 Å². The van der Waals surface area contributed by atoms with Gasteiger partial charge in [0, 0.05) is 24.3 Å². The van der Waals surface area contributed by atoms with Gasteiger partial charge >= 0.3 is 0 Å². The Morgan fingerprint density at radius 3 is 2.54 bits per heavy atom. The van der Waals surface area contributed by atoms with Crippen LogP contribution in [0.4, 0.5) is 0 Å². The molecule has 1 aromatic carbocycles. The maximum Gasteiger partial charge on any atom is 0.250 e. The summed E-state index contributed by atoms with van der Waals surface area (Å²) in [5.41, 5.74) is 3.13. The maximum atomic E-state index is 12.5. The summed E-state index contributed by atoms with van der Waals surface area (Å²) < 4.78 is 29.7. The molecule has 1 atom stereocenters. The van der Waals surface area contributed by atoms with E-state index in [0.29, 0.717) is 25.8 Å². The van der Waals surface area contributed by atoms with Gasteiger partial charge in [-0.25, -0.2) is 13.1 Å². The summed E-state index contributed by atoms with van der Waals surface area (Å²) in [4.78, 5) is 12.2. The van der Waals surface area contributed by atoms with Crippen molar-refractivity contribution >= 4 is 10.0 Å². The van der Waals surface area contributed by atoms with Crippen LogP contribution in [0.5, 0.6) is 0 Å². The lowest BCUT2D eigenvalue weighted by atomic mass is 9.92. The molecule has 0 amide bonds. The lowest BCUT2D eigenvalue weighted by Crippen LogP contribution is -2.40. The number of aromatic nitrogens is 1. The zero-order valence-electron chi connectivity index (χ0n) is 14.0. The van der Waals surface area contributed by atoms with E-state index >= 15 is 0 Å². The van der Waals surface area contributed by atoms with E-state index in [4.69, 9.17) is 0 Å². The third-order valence-corrected chi connectivity index (χ3v) is 6.09. The molecule has 1 heterocycles. The molecule has 128 valence electrons. The zero-order chi connectivity index (χ0) is 17.3. The van der Waals surface area contributed by atoms with Crippen molar-refractivity contribution in [2.24, 2.45) is 0 Å². The second-order valence-electron chi connectivity index (χ2n) is 6.26. The fraction of sp³-hybridized carbons (Fsp3) is 0.389. The molecule has 0 saturated carbocycles. The number of fused-ring (bicyclic) bond motifs is 1. The van der Waals surface area contributed by atoms with Crippen LogP contribution in [0.3, 0.4) is 0 Å². The molecule has 0 aliphatic heterocycles. The minimum absolute atomic E-state index is 0.00920. The Kier molecular flexibility index (Phi) is 4.60. The molecular formula is C18H22N2O3S. The molecule has 0 spiro atoms. The maximum absolute atomic E-state index is 12.5. The predicted molar refractivity (Wildman–Crippen MR) is 93.7 cm³/mol. The molecule has 2 aromatic rings. The van der Waals surface area contributed by atoms with E-state index < -0.39 is 10.0 Å². The van der Waals surface area contributed by atoms with Crippen molar-refractivity contribution in [1.82, 2.24) is 9.29 Å². The molecule has 24 heavy (non-hydrogen) atoms. The second kappa shape index (κ2) is 6.53. The topological polar surface area (TPSA) is 68.2 Å². The van der Waals surface area contributed by atoms with Crippen LogP contribution in [0.15, 0.2) is 46.1 Å². The van der Waals surface area contributed by atoms with Gasteiger partial charge in [0.25, 0.3) is 5.56 Å². The molecule has 0 unspecified atom stereocenters. The van der Waals surface area contributed by atoms with Crippen LogP contribution >= 0.6 is 0 Å². The Hall–Kier alpha value is -1.92. The minimum atomic E-state index is -3.52. The monoisotopic (exact) mass is 346 g/mol. The van der Waals surface area contributed by atoms with Gasteiger partial charge in [0.1, 0.15) is 0 Å². The highest BCUT2D eigenvalue weighted by Gasteiger charge is 2.25. The summed E-state index contributed by atoms with van der Waals surface area (Å²) in [5, 5.41) is 0. The van der Waals surface area contributed by atoms with Crippen molar-refractivity contribution in [2.45, 2.75) is 50.6 Å². The normalized spacial score (nSPS) is 17.5.